The number of hydrogen-bond donors (Lipinski definition) is 2. The van der Waals surface area contributed by atoms with Gasteiger partial charge in [-0.3, -0.25) is 0 Å². The summed E-state index contributed by atoms with van der Waals surface area (Å²) in [6.45, 7) is 4.52. The Morgan fingerprint density at radius 3 is 2.67 bits per heavy atom. The van der Waals surface area contributed by atoms with Gasteiger partial charge in [-0.1, -0.05) is 26.7 Å². The topological polar surface area (TPSA) is 58.6 Å². The molecule has 4 heteroatoms. The van der Waals surface area contributed by atoms with E-state index in [2.05, 4.69) is 19.2 Å². The molecule has 0 saturated heterocycles. The molecule has 2 rings (SSSR count). The van der Waals surface area contributed by atoms with E-state index < -0.39 is 5.97 Å². The largest absolute Gasteiger partial charge is 0.495 e. The number of aromatic carboxylic acids is 1. The fraction of sp³-hybridized carbons (Fsp3) is 0.588. The second-order valence-electron chi connectivity index (χ2n) is 6.16. The molecule has 0 bridgehead atoms. The van der Waals surface area contributed by atoms with Crippen molar-refractivity contribution in [2.45, 2.75) is 45.6 Å². The zero-order valence-electron chi connectivity index (χ0n) is 13.1. The van der Waals surface area contributed by atoms with Crippen LogP contribution >= 0.6 is 0 Å². The van der Waals surface area contributed by atoms with Gasteiger partial charge in [0, 0.05) is 6.04 Å². The molecule has 2 N–H and O–H groups in total. The molecule has 0 aromatic heterocycles. The monoisotopic (exact) mass is 291 g/mol. The summed E-state index contributed by atoms with van der Waals surface area (Å²) >= 11 is 0. The van der Waals surface area contributed by atoms with Crippen LogP contribution in [0.2, 0.25) is 0 Å². The Labute approximate surface area is 126 Å². The van der Waals surface area contributed by atoms with E-state index in [0.717, 1.165) is 12.1 Å². The van der Waals surface area contributed by atoms with E-state index in [0.29, 0.717) is 23.6 Å². The van der Waals surface area contributed by atoms with Crippen LogP contribution in [-0.2, 0) is 0 Å². The third-order valence-corrected chi connectivity index (χ3v) is 4.46. The number of methoxy groups -OCH3 is 1. The molecule has 1 saturated carbocycles. The minimum Gasteiger partial charge on any atom is -0.495 e. The zero-order chi connectivity index (χ0) is 15.4. The molecule has 4 nitrogen and oxygen atoms in total. The third-order valence-electron chi connectivity index (χ3n) is 4.46. The Morgan fingerprint density at radius 1 is 1.33 bits per heavy atom. The predicted molar refractivity (Wildman–Crippen MR) is 84.2 cm³/mol. The first-order chi connectivity index (χ1) is 10.0. The first-order valence-corrected chi connectivity index (χ1v) is 7.70. The summed E-state index contributed by atoms with van der Waals surface area (Å²) in [6, 6.07) is 5.36. The van der Waals surface area contributed by atoms with Gasteiger partial charge in [-0.05, 0) is 42.9 Å². The van der Waals surface area contributed by atoms with Crippen LogP contribution < -0.4 is 10.1 Å². The van der Waals surface area contributed by atoms with Gasteiger partial charge in [0.1, 0.15) is 5.75 Å². The fourth-order valence-electron chi connectivity index (χ4n) is 3.29. The second kappa shape index (κ2) is 6.83. The second-order valence-corrected chi connectivity index (χ2v) is 6.16. The molecule has 2 unspecified atom stereocenters. The average molecular weight is 291 g/mol. The summed E-state index contributed by atoms with van der Waals surface area (Å²) in [5, 5.41) is 12.7. The molecule has 116 valence electrons. The molecule has 1 aromatic rings. The number of rotatable bonds is 5. The summed E-state index contributed by atoms with van der Waals surface area (Å²) in [6.07, 6.45) is 4.87. The van der Waals surface area contributed by atoms with Gasteiger partial charge in [0.25, 0.3) is 0 Å². The van der Waals surface area contributed by atoms with Crippen molar-refractivity contribution in [3.8, 4) is 5.75 Å². The lowest BCUT2D eigenvalue weighted by atomic mass is 9.77. The van der Waals surface area contributed by atoms with Crippen molar-refractivity contribution < 1.29 is 14.6 Å². The Morgan fingerprint density at radius 2 is 2.05 bits per heavy atom. The molecule has 2 atom stereocenters. The van der Waals surface area contributed by atoms with Gasteiger partial charge in [0.05, 0.1) is 18.4 Å². The molecule has 1 aliphatic rings. The maximum absolute atomic E-state index is 11.1. The number of anilines is 1. The number of carboxylic acids is 1. The predicted octanol–water partition coefficient (Wildman–Crippen LogP) is 4.02. The molecular formula is C17H25NO3. The Balaban J connectivity index is 2.23. The summed E-state index contributed by atoms with van der Waals surface area (Å²) in [7, 11) is 1.61. The van der Waals surface area contributed by atoms with Crippen molar-refractivity contribution in [3.05, 3.63) is 23.8 Å². The Kier molecular flexibility index (Phi) is 5.10. The van der Waals surface area contributed by atoms with Gasteiger partial charge in [0.15, 0.2) is 0 Å². The number of ether oxygens (including phenoxy) is 1. The minimum absolute atomic E-state index is 0.287. The van der Waals surface area contributed by atoms with Crippen LogP contribution in [0, 0.1) is 11.8 Å². The first kappa shape index (κ1) is 15.7. The van der Waals surface area contributed by atoms with E-state index in [9.17, 15) is 4.79 Å². The molecule has 1 fully saturated rings. The summed E-state index contributed by atoms with van der Waals surface area (Å²) in [4.78, 5) is 11.1. The minimum atomic E-state index is -0.912. The van der Waals surface area contributed by atoms with E-state index in [4.69, 9.17) is 9.84 Å². The van der Waals surface area contributed by atoms with Gasteiger partial charge in [-0.2, -0.15) is 0 Å². The number of nitrogens with one attached hydrogen (secondary N) is 1. The van der Waals surface area contributed by atoms with Gasteiger partial charge in [-0.15, -0.1) is 0 Å². The lowest BCUT2D eigenvalue weighted by Gasteiger charge is -2.35. The first-order valence-electron chi connectivity index (χ1n) is 7.70. The van der Waals surface area contributed by atoms with Crippen LogP contribution in [0.5, 0.6) is 5.75 Å². The molecule has 0 aliphatic heterocycles. The quantitative estimate of drug-likeness (QED) is 0.860. The van der Waals surface area contributed by atoms with Crippen molar-refractivity contribution in [2.75, 3.05) is 12.4 Å². The normalized spacial score (nSPS) is 22.1. The van der Waals surface area contributed by atoms with Crippen molar-refractivity contribution in [1.29, 1.82) is 0 Å². The maximum atomic E-state index is 11.1. The highest BCUT2D eigenvalue weighted by atomic mass is 16.5. The molecule has 21 heavy (non-hydrogen) atoms. The average Bonchev–Trinajstić information content (AvgIpc) is 2.47. The lowest BCUT2D eigenvalue weighted by Crippen LogP contribution is -2.35. The molecule has 0 radical (unpaired) electrons. The molecule has 1 aliphatic carbocycles. The smallest absolute Gasteiger partial charge is 0.335 e. The number of benzene rings is 1. The summed E-state index contributed by atoms with van der Waals surface area (Å²) in [5.41, 5.74) is 1.07. The third kappa shape index (κ3) is 3.69. The van der Waals surface area contributed by atoms with E-state index in [1.165, 1.54) is 19.3 Å². The van der Waals surface area contributed by atoms with Crippen LogP contribution in [0.3, 0.4) is 0 Å². The molecule has 0 amide bonds. The van der Waals surface area contributed by atoms with Crippen molar-refractivity contribution >= 4 is 11.7 Å². The lowest BCUT2D eigenvalue weighted by molar-refractivity contribution is 0.0697. The summed E-state index contributed by atoms with van der Waals surface area (Å²) in [5.74, 6) is 1.03. The highest BCUT2D eigenvalue weighted by Gasteiger charge is 2.28. The van der Waals surface area contributed by atoms with Crippen LogP contribution in [0.25, 0.3) is 0 Å². The van der Waals surface area contributed by atoms with Gasteiger partial charge >= 0.3 is 5.97 Å². The Hall–Kier alpha value is -1.71. The maximum Gasteiger partial charge on any atom is 0.335 e. The van der Waals surface area contributed by atoms with Gasteiger partial charge in [-0.25, -0.2) is 4.79 Å². The molecular weight excluding hydrogens is 266 g/mol. The highest BCUT2D eigenvalue weighted by Crippen LogP contribution is 2.35. The van der Waals surface area contributed by atoms with Crippen LogP contribution in [0.1, 0.15) is 49.9 Å². The molecule has 1 aromatic carbocycles. The van der Waals surface area contributed by atoms with Gasteiger partial charge < -0.3 is 15.2 Å². The van der Waals surface area contributed by atoms with Gasteiger partial charge in [0.2, 0.25) is 0 Å². The van der Waals surface area contributed by atoms with E-state index in [-0.39, 0.29) is 5.56 Å². The van der Waals surface area contributed by atoms with E-state index in [1.54, 1.807) is 25.3 Å². The van der Waals surface area contributed by atoms with Crippen LogP contribution in [-0.4, -0.2) is 24.2 Å². The SMILES string of the molecule is COc1ccc(C(=O)O)cc1NC1CCCCC1C(C)C. The zero-order valence-corrected chi connectivity index (χ0v) is 13.1. The molecule has 0 spiro atoms. The molecule has 0 heterocycles. The summed E-state index contributed by atoms with van der Waals surface area (Å²) < 4.78 is 5.36. The van der Waals surface area contributed by atoms with Crippen molar-refractivity contribution in [3.63, 3.8) is 0 Å². The number of hydrogen-bond acceptors (Lipinski definition) is 3. The van der Waals surface area contributed by atoms with Crippen molar-refractivity contribution in [2.24, 2.45) is 11.8 Å². The Bertz CT molecular complexity index is 499. The van der Waals surface area contributed by atoms with E-state index >= 15 is 0 Å². The van der Waals surface area contributed by atoms with Crippen LogP contribution in [0.4, 0.5) is 5.69 Å². The van der Waals surface area contributed by atoms with E-state index in [1.807, 2.05) is 0 Å². The number of carboxylic acid groups (broad SMARTS) is 1. The number of carbonyl (C=O) groups is 1. The van der Waals surface area contributed by atoms with Crippen molar-refractivity contribution in [1.82, 2.24) is 0 Å². The van der Waals surface area contributed by atoms with Crippen LogP contribution in [0.15, 0.2) is 18.2 Å². The highest BCUT2D eigenvalue weighted by molar-refractivity contribution is 5.89. The standard InChI is InChI=1S/C17H25NO3/c1-11(2)13-6-4-5-7-14(13)18-15-10-12(17(19)20)8-9-16(15)21-3/h8-11,13-14,18H,4-7H2,1-3H3,(H,19,20). The fourth-order valence-corrected chi connectivity index (χ4v) is 3.29.